The lowest BCUT2D eigenvalue weighted by Gasteiger charge is -2.20. The van der Waals surface area contributed by atoms with Crippen molar-refractivity contribution in [2.75, 3.05) is 11.4 Å². The van der Waals surface area contributed by atoms with Crippen molar-refractivity contribution in [3.63, 3.8) is 0 Å². The molecule has 2 amide bonds. The van der Waals surface area contributed by atoms with Gasteiger partial charge in [0, 0.05) is 23.4 Å². The number of carbonyl (C=O) groups is 2. The highest BCUT2D eigenvalue weighted by molar-refractivity contribution is 6.30. The van der Waals surface area contributed by atoms with Crippen molar-refractivity contribution in [3.8, 4) is 0 Å². The average Bonchev–Trinajstić information content (AvgIpc) is 3.21. The minimum absolute atomic E-state index is 0.245. The SMILES string of the molecule is O=C(NO)c1ccc2c(c1)N(C(=O)/C(=C/c1ccccc1)c1ccc(F)cc1)CC2. The van der Waals surface area contributed by atoms with Gasteiger partial charge >= 0.3 is 0 Å². The summed E-state index contributed by atoms with van der Waals surface area (Å²) in [6, 6.07) is 20.2. The van der Waals surface area contributed by atoms with Crippen LogP contribution in [0.4, 0.5) is 10.1 Å². The number of nitrogens with one attached hydrogen (secondary N) is 1. The van der Waals surface area contributed by atoms with E-state index in [4.69, 9.17) is 5.21 Å². The summed E-state index contributed by atoms with van der Waals surface area (Å²) in [6.07, 6.45) is 2.43. The maximum Gasteiger partial charge on any atom is 0.274 e. The summed E-state index contributed by atoms with van der Waals surface area (Å²) in [5, 5.41) is 8.92. The molecule has 1 heterocycles. The van der Waals surface area contributed by atoms with Crippen LogP contribution in [-0.2, 0) is 11.2 Å². The normalized spacial score (nSPS) is 13.1. The largest absolute Gasteiger partial charge is 0.308 e. The second-order valence-electron chi connectivity index (χ2n) is 6.97. The Hall–Kier alpha value is -3.77. The third kappa shape index (κ3) is 3.86. The number of fused-ring (bicyclic) bond motifs is 1. The molecule has 0 aromatic heterocycles. The molecule has 0 bridgehead atoms. The Morgan fingerprint density at radius 2 is 1.67 bits per heavy atom. The highest BCUT2D eigenvalue weighted by Gasteiger charge is 2.28. The molecule has 0 saturated carbocycles. The Morgan fingerprint density at radius 3 is 2.37 bits per heavy atom. The third-order valence-corrected chi connectivity index (χ3v) is 5.09. The molecule has 30 heavy (non-hydrogen) atoms. The number of amides is 2. The quantitative estimate of drug-likeness (QED) is 0.299. The maximum atomic E-state index is 13.6. The summed E-state index contributed by atoms with van der Waals surface area (Å²) >= 11 is 0. The van der Waals surface area contributed by atoms with Gasteiger partial charge in [0.1, 0.15) is 5.82 Å². The molecule has 0 saturated heterocycles. The Kier molecular flexibility index (Phi) is 5.41. The Labute approximate surface area is 173 Å². The molecule has 2 N–H and O–H groups in total. The Bertz CT molecular complexity index is 1120. The van der Waals surface area contributed by atoms with Crippen LogP contribution in [0.25, 0.3) is 11.6 Å². The summed E-state index contributed by atoms with van der Waals surface area (Å²) < 4.78 is 13.5. The van der Waals surface area contributed by atoms with Crippen LogP contribution in [0.5, 0.6) is 0 Å². The van der Waals surface area contributed by atoms with Gasteiger partial charge in [-0.3, -0.25) is 14.8 Å². The minimum Gasteiger partial charge on any atom is -0.308 e. The number of hydrogen-bond donors (Lipinski definition) is 2. The van der Waals surface area contributed by atoms with E-state index >= 15 is 0 Å². The van der Waals surface area contributed by atoms with Crippen LogP contribution in [0.3, 0.4) is 0 Å². The molecule has 0 unspecified atom stereocenters. The van der Waals surface area contributed by atoms with Crippen LogP contribution in [0, 0.1) is 5.82 Å². The Balaban J connectivity index is 1.76. The van der Waals surface area contributed by atoms with E-state index in [1.807, 2.05) is 30.3 Å². The second kappa shape index (κ2) is 8.31. The highest BCUT2D eigenvalue weighted by atomic mass is 19.1. The predicted molar refractivity (Wildman–Crippen MR) is 112 cm³/mol. The van der Waals surface area contributed by atoms with E-state index in [-0.39, 0.29) is 17.3 Å². The number of benzene rings is 3. The number of anilines is 1. The lowest BCUT2D eigenvalue weighted by molar-refractivity contribution is -0.113. The van der Waals surface area contributed by atoms with Gasteiger partial charge in [-0.2, -0.15) is 0 Å². The monoisotopic (exact) mass is 402 g/mol. The van der Waals surface area contributed by atoms with Crippen molar-refractivity contribution < 1.29 is 19.2 Å². The van der Waals surface area contributed by atoms with Gasteiger partial charge in [0.05, 0.1) is 0 Å². The molecule has 6 heteroatoms. The van der Waals surface area contributed by atoms with Crippen LogP contribution < -0.4 is 10.4 Å². The highest BCUT2D eigenvalue weighted by Crippen LogP contribution is 2.32. The van der Waals surface area contributed by atoms with E-state index in [0.717, 1.165) is 11.1 Å². The van der Waals surface area contributed by atoms with Gasteiger partial charge < -0.3 is 4.90 Å². The molecule has 5 nitrogen and oxygen atoms in total. The first-order chi connectivity index (χ1) is 14.6. The van der Waals surface area contributed by atoms with Crippen LogP contribution in [-0.4, -0.2) is 23.6 Å². The zero-order valence-corrected chi connectivity index (χ0v) is 16.0. The van der Waals surface area contributed by atoms with E-state index in [2.05, 4.69) is 0 Å². The molecular formula is C24H19FN2O3. The standard InChI is InChI=1S/C24H19FN2O3/c25-20-10-8-17(9-11-20)21(14-16-4-2-1-3-5-16)24(29)27-13-12-18-6-7-19(15-22(18)27)23(28)26-30/h1-11,14-15,30H,12-13H2,(H,26,28)/b21-14+. The van der Waals surface area contributed by atoms with Gasteiger partial charge in [0.15, 0.2) is 0 Å². The predicted octanol–water partition coefficient (Wildman–Crippen LogP) is 4.07. The number of halogens is 1. The molecule has 3 aromatic carbocycles. The molecule has 0 radical (unpaired) electrons. The van der Waals surface area contributed by atoms with E-state index in [0.29, 0.717) is 29.8 Å². The van der Waals surface area contributed by atoms with Crippen molar-refractivity contribution in [3.05, 3.63) is 101 Å². The van der Waals surface area contributed by atoms with E-state index in [1.54, 1.807) is 46.8 Å². The van der Waals surface area contributed by atoms with E-state index in [9.17, 15) is 14.0 Å². The fourth-order valence-electron chi connectivity index (χ4n) is 3.56. The van der Waals surface area contributed by atoms with Crippen LogP contribution in [0.1, 0.15) is 27.0 Å². The average molecular weight is 402 g/mol. The van der Waals surface area contributed by atoms with Gasteiger partial charge in [-0.15, -0.1) is 0 Å². The van der Waals surface area contributed by atoms with Crippen LogP contribution in [0.15, 0.2) is 72.8 Å². The summed E-state index contributed by atoms with van der Waals surface area (Å²) in [6.45, 7) is 0.464. The van der Waals surface area contributed by atoms with Crippen molar-refractivity contribution in [1.82, 2.24) is 5.48 Å². The smallest absolute Gasteiger partial charge is 0.274 e. The Morgan fingerprint density at radius 1 is 0.967 bits per heavy atom. The zero-order valence-electron chi connectivity index (χ0n) is 16.0. The molecule has 1 aliphatic heterocycles. The first kappa shape index (κ1) is 19.5. The molecule has 4 rings (SSSR count). The molecule has 0 aliphatic carbocycles. The molecule has 1 aliphatic rings. The molecule has 0 fully saturated rings. The third-order valence-electron chi connectivity index (χ3n) is 5.09. The van der Waals surface area contributed by atoms with Crippen LogP contribution in [0.2, 0.25) is 0 Å². The maximum absolute atomic E-state index is 13.6. The fraction of sp³-hybridized carbons (Fsp3) is 0.0833. The van der Waals surface area contributed by atoms with Gasteiger partial charge in [0.25, 0.3) is 11.8 Å². The van der Waals surface area contributed by atoms with Crippen molar-refractivity contribution >= 4 is 29.2 Å². The molecule has 150 valence electrons. The van der Waals surface area contributed by atoms with Gasteiger partial charge in [-0.25, -0.2) is 9.87 Å². The van der Waals surface area contributed by atoms with Crippen molar-refractivity contribution in [2.24, 2.45) is 0 Å². The lowest BCUT2D eigenvalue weighted by atomic mass is 10.0. The number of hydroxylamine groups is 1. The van der Waals surface area contributed by atoms with Crippen LogP contribution >= 0.6 is 0 Å². The number of hydrogen-bond acceptors (Lipinski definition) is 3. The van der Waals surface area contributed by atoms with Gasteiger partial charge in [-0.05, 0) is 53.5 Å². The number of rotatable bonds is 4. The molecule has 3 aromatic rings. The summed E-state index contributed by atoms with van der Waals surface area (Å²) in [4.78, 5) is 27.0. The summed E-state index contributed by atoms with van der Waals surface area (Å²) in [5.74, 6) is -1.27. The van der Waals surface area contributed by atoms with Crippen molar-refractivity contribution in [1.29, 1.82) is 0 Å². The lowest BCUT2D eigenvalue weighted by Crippen LogP contribution is -2.30. The van der Waals surface area contributed by atoms with Gasteiger partial charge in [-0.1, -0.05) is 48.5 Å². The number of nitrogens with zero attached hydrogens (tertiary/aromatic N) is 1. The van der Waals surface area contributed by atoms with E-state index < -0.39 is 5.91 Å². The molecular weight excluding hydrogens is 383 g/mol. The molecule has 0 spiro atoms. The fourth-order valence-corrected chi connectivity index (χ4v) is 3.56. The number of carbonyl (C=O) groups excluding carboxylic acids is 2. The first-order valence-corrected chi connectivity index (χ1v) is 9.49. The first-order valence-electron chi connectivity index (χ1n) is 9.49. The topological polar surface area (TPSA) is 69.6 Å². The van der Waals surface area contributed by atoms with Crippen molar-refractivity contribution in [2.45, 2.75) is 6.42 Å². The summed E-state index contributed by atoms with van der Waals surface area (Å²) in [5.41, 5.74) is 5.31. The van der Waals surface area contributed by atoms with E-state index in [1.165, 1.54) is 12.1 Å². The molecule has 0 atom stereocenters. The zero-order chi connectivity index (χ0) is 21.1. The van der Waals surface area contributed by atoms with Gasteiger partial charge in [0.2, 0.25) is 0 Å². The minimum atomic E-state index is -0.643. The second-order valence-corrected chi connectivity index (χ2v) is 6.97. The summed E-state index contributed by atoms with van der Waals surface area (Å²) in [7, 11) is 0.